The molecule has 0 aliphatic rings. The largest absolute Gasteiger partial charge is 0.481 e. The van der Waals surface area contributed by atoms with Gasteiger partial charge >= 0.3 is 5.97 Å². The molecule has 0 heterocycles. The highest BCUT2D eigenvalue weighted by atomic mass is 16.4. The molecule has 1 rings (SSSR count). The van der Waals surface area contributed by atoms with Gasteiger partial charge in [0.1, 0.15) is 0 Å². The summed E-state index contributed by atoms with van der Waals surface area (Å²) in [6.07, 6.45) is 0.402. The standard InChI is InChI=1S/C15H21NO3/c1-10-5-6-12(11(2)9-10)13(17)16-8-7-15(3,4)14(18)19/h5-6,9H,7-8H2,1-4H3,(H,16,17)(H,18,19). The van der Waals surface area contributed by atoms with Crippen LogP contribution in [0.3, 0.4) is 0 Å². The van der Waals surface area contributed by atoms with Gasteiger partial charge in [-0.2, -0.15) is 0 Å². The van der Waals surface area contributed by atoms with Crippen LogP contribution in [0.1, 0.15) is 41.8 Å². The van der Waals surface area contributed by atoms with Crippen molar-refractivity contribution < 1.29 is 14.7 Å². The molecule has 1 amide bonds. The molecule has 0 atom stereocenters. The van der Waals surface area contributed by atoms with Crippen LogP contribution in [0.25, 0.3) is 0 Å². The Hall–Kier alpha value is -1.84. The Kier molecular flexibility index (Phi) is 4.70. The monoisotopic (exact) mass is 263 g/mol. The highest BCUT2D eigenvalue weighted by Gasteiger charge is 2.26. The third-order valence-corrected chi connectivity index (χ3v) is 3.24. The number of benzene rings is 1. The zero-order chi connectivity index (χ0) is 14.6. The number of nitrogens with one attached hydrogen (secondary N) is 1. The van der Waals surface area contributed by atoms with Crippen molar-refractivity contribution in [3.63, 3.8) is 0 Å². The number of hydrogen-bond donors (Lipinski definition) is 2. The molecule has 4 heteroatoms. The first-order valence-corrected chi connectivity index (χ1v) is 6.33. The first-order valence-electron chi connectivity index (χ1n) is 6.33. The van der Waals surface area contributed by atoms with Crippen molar-refractivity contribution in [2.24, 2.45) is 5.41 Å². The fraction of sp³-hybridized carbons (Fsp3) is 0.467. The molecule has 1 aromatic carbocycles. The van der Waals surface area contributed by atoms with E-state index in [1.54, 1.807) is 19.9 Å². The van der Waals surface area contributed by atoms with Gasteiger partial charge in [-0.3, -0.25) is 9.59 Å². The summed E-state index contributed by atoms with van der Waals surface area (Å²) >= 11 is 0. The Morgan fingerprint density at radius 1 is 1.26 bits per heavy atom. The van der Waals surface area contributed by atoms with Crippen molar-refractivity contribution in [1.29, 1.82) is 0 Å². The number of aliphatic carboxylic acids is 1. The van der Waals surface area contributed by atoms with E-state index in [0.717, 1.165) is 11.1 Å². The van der Waals surface area contributed by atoms with Gasteiger partial charge in [-0.05, 0) is 45.7 Å². The summed E-state index contributed by atoms with van der Waals surface area (Å²) in [5.74, 6) is -1.01. The molecule has 0 fully saturated rings. The average molecular weight is 263 g/mol. The Labute approximate surface area is 113 Å². The van der Waals surface area contributed by atoms with Crippen LogP contribution in [-0.4, -0.2) is 23.5 Å². The van der Waals surface area contributed by atoms with Crippen molar-refractivity contribution >= 4 is 11.9 Å². The maximum atomic E-state index is 12.0. The molecule has 0 radical (unpaired) electrons. The molecular formula is C15H21NO3. The minimum Gasteiger partial charge on any atom is -0.481 e. The number of carbonyl (C=O) groups excluding carboxylic acids is 1. The number of hydrogen-bond acceptors (Lipinski definition) is 2. The van der Waals surface area contributed by atoms with E-state index in [2.05, 4.69) is 5.32 Å². The molecule has 0 unspecified atom stereocenters. The van der Waals surface area contributed by atoms with E-state index in [9.17, 15) is 9.59 Å². The number of carboxylic acids is 1. The molecule has 0 aliphatic carbocycles. The molecule has 4 nitrogen and oxygen atoms in total. The molecule has 2 N–H and O–H groups in total. The molecular weight excluding hydrogens is 242 g/mol. The van der Waals surface area contributed by atoms with Gasteiger partial charge in [-0.1, -0.05) is 17.7 Å². The van der Waals surface area contributed by atoms with Crippen LogP contribution in [0, 0.1) is 19.3 Å². The van der Waals surface area contributed by atoms with Crippen molar-refractivity contribution in [1.82, 2.24) is 5.32 Å². The minimum absolute atomic E-state index is 0.154. The third kappa shape index (κ3) is 4.09. The lowest BCUT2D eigenvalue weighted by molar-refractivity contribution is -0.147. The van der Waals surface area contributed by atoms with Gasteiger partial charge in [0, 0.05) is 12.1 Å². The van der Waals surface area contributed by atoms with Crippen molar-refractivity contribution in [3.05, 3.63) is 34.9 Å². The van der Waals surface area contributed by atoms with Crippen molar-refractivity contribution in [2.45, 2.75) is 34.1 Å². The summed E-state index contributed by atoms with van der Waals surface area (Å²) in [5, 5.41) is 11.8. The van der Waals surface area contributed by atoms with E-state index in [4.69, 9.17) is 5.11 Å². The summed E-state index contributed by atoms with van der Waals surface area (Å²) in [7, 11) is 0. The number of rotatable bonds is 5. The van der Waals surface area contributed by atoms with Gasteiger partial charge in [0.05, 0.1) is 5.41 Å². The van der Waals surface area contributed by atoms with Gasteiger partial charge in [0.15, 0.2) is 0 Å². The SMILES string of the molecule is Cc1ccc(C(=O)NCCC(C)(C)C(=O)O)c(C)c1. The second-order valence-electron chi connectivity index (χ2n) is 5.51. The quantitative estimate of drug-likeness (QED) is 0.858. The summed E-state index contributed by atoms with van der Waals surface area (Å²) in [6.45, 7) is 7.52. The lowest BCUT2D eigenvalue weighted by atomic mass is 9.89. The summed E-state index contributed by atoms with van der Waals surface area (Å²) in [4.78, 5) is 22.9. The summed E-state index contributed by atoms with van der Waals surface area (Å²) < 4.78 is 0. The maximum Gasteiger partial charge on any atom is 0.309 e. The molecule has 0 aliphatic heterocycles. The van der Waals surface area contributed by atoms with Gasteiger partial charge in [0.25, 0.3) is 5.91 Å². The van der Waals surface area contributed by atoms with Crippen LogP contribution < -0.4 is 5.32 Å². The summed E-state index contributed by atoms with van der Waals surface area (Å²) in [5.41, 5.74) is 1.85. The predicted molar refractivity (Wildman–Crippen MR) is 74.3 cm³/mol. The van der Waals surface area contributed by atoms with E-state index in [1.807, 2.05) is 26.0 Å². The second kappa shape index (κ2) is 5.87. The Morgan fingerprint density at radius 2 is 1.89 bits per heavy atom. The van der Waals surface area contributed by atoms with E-state index in [-0.39, 0.29) is 5.91 Å². The van der Waals surface area contributed by atoms with Gasteiger partial charge in [0.2, 0.25) is 0 Å². The smallest absolute Gasteiger partial charge is 0.309 e. The molecule has 0 spiro atoms. The van der Waals surface area contributed by atoms with Crippen molar-refractivity contribution in [2.75, 3.05) is 6.54 Å². The topological polar surface area (TPSA) is 66.4 Å². The predicted octanol–water partition coefficient (Wildman–Crippen LogP) is 2.53. The lowest BCUT2D eigenvalue weighted by Gasteiger charge is -2.19. The van der Waals surface area contributed by atoms with Crippen LogP contribution in [-0.2, 0) is 4.79 Å². The van der Waals surface area contributed by atoms with Crippen LogP contribution in [0.2, 0.25) is 0 Å². The first-order chi connectivity index (χ1) is 8.74. The van der Waals surface area contributed by atoms with Crippen LogP contribution in [0.4, 0.5) is 0 Å². The zero-order valence-electron chi connectivity index (χ0n) is 11.9. The molecule has 0 saturated carbocycles. The van der Waals surface area contributed by atoms with Gasteiger partial charge < -0.3 is 10.4 Å². The zero-order valence-corrected chi connectivity index (χ0v) is 11.9. The van der Waals surface area contributed by atoms with Crippen LogP contribution >= 0.6 is 0 Å². The number of carbonyl (C=O) groups is 2. The molecule has 0 bridgehead atoms. The summed E-state index contributed by atoms with van der Waals surface area (Å²) in [6, 6.07) is 5.64. The first kappa shape index (κ1) is 15.2. The maximum absolute atomic E-state index is 12.0. The minimum atomic E-state index is -0.853. The number of aryl methyl sites for hydroxylation is 2. The number of carboxylic acid groups (broad SMARTS) is 1. The van der Waals surface area contributed by atoms with Crippen molar-refractivity contribution in [3.8, 4) is 0 Å². The normalized spacial score (nSPS) is 11.2. The van der Waals surface area contributed by atoms with Gasteiger partial charge in [-0.25, -0.2) is 0 Å². The molecule has 0 aromatic heterocycles. The number of amides is 1. The Morgan fingerprint density at radius 3 is 2.42 bits per heavy atom. The van der Waals surface area contributed by atoms with Gasteiger partial charge in [-0.15, -0.1) is 0 Å². The molecule has 104 valence electrons. The fourth-order valence-electron chi connectivity index (χ4n) is 1.76. The second-order valence-corrected chi connectivity index (χ2v) is 5.51. The fourth-order valence-corrected chi connectivity index (χ4v) is 1.76. The van der Waals surface area contributed by atoms with Crippen LogP contribution in [0.5, 0.6) is 0 Å². The van der Waals surface area contributed by atoms with E-state index in [0.29, 0.717) is 18.5 Å². The average Bonchev–Trinajstić information content (AvgIpc) is 2.28. The highest BCUT2D eigenvalue weighted by Crippen LogP contribution is 2.19. The third-order valence-electron chi connectivity index (χ3n) is 3.24. The Bertz CT molecular complexity index is 492. The van der Waals surface area contributed by atoms with E-state index >= 15 is 0 Å². The van der Waals surface area contributed by atoms with Crippen LogP contribution in [0.15, 0.2) is 18.2 Å². The Balaban J connectivity index is 2.59. The molecule has 0 saturated heterocycles. The molecule has 19 heavy (non-hydrogen) atoms. The van der Waals surface area contributed by atoms with E-state index in [1.165, 1.54) is 0 Å². The lowest BCUT2D eigenvalue weighted by Crippen LogP contribution is -2.32. The van der Waals surface area contributed by atoms with E-state index < -0.39 is 11.4 Å². The highest BCUT2D eigenvalue weighted by molar-refractivity contribution is 5.95. The molecule has 1 aromatic rings.